The molecule has 3 aliphatic rings. The van der Waals surface area contributed by atoms with Crippen LogP contribution in [0, 0.1) is 5.92 Å². The molecular formula is C21H29F3N2O5. The summed E-state index contributed by atoms with van der Waals surface area (Å²) in [4.78, 5) is 15.8. The van der Waals surface area contributed by atoms with Gasteiger partial charge in [0, 0.05) is 45.0 Å². The fourth-order valence-electron chi connectivity index (χ4n) is 4.39. The molecule has 3 fully saturated rings. The van der Waals surface area contributed by atoms with Crippen molar-refractivity contribution in [1.29, 1.82) is 0 Å². The average molecular weight is 446 g/mol. The van der Waals surface area contributed by atoms with Gasteiger partial charge in [0.05, 0.1) is 12.2 Å². The number of rotatable bonds is 4. The molecule has 1 N–H and O–H groups in total. The number of alkyl halides is 3. The SMILES string of the molecule is O=C(O)C(F)(F)F.c1ccc(O[C@H]2CO[C@@]3(CCCN(CC4CCOCC4)C3)C2)nc1. The summed E-state index contributed by atoms with van der Waals surface area (Å²) in [7, 11) is 0. The lowest BCUT2D eigenvalue weighted by Crippen LogP contribution is -2.49. The topological polar surface area (TPSA) is 81.1 Å². The third-order valence-corrected chi connectivity index (χ3v) is 5.82. The molecule has 4 rings (SSSR count). The molecule has 1 aromatic rings. The highest BCUT2D eigenvalue weighted by Gasteiger charge is 2.44. The van der Waals surface area contributed by atoms with Gasteiger partial charge in [-0.25, -0.2) is 9.78 Å². The number of aliphatic carboxylic acids is 1. The van der Waals surface area contributed by atoms with Crippen molar-refractivity contribution in [2.45, 2.75) is 50.0 Å². The first-order valence-electron chi connectivity index (χ1n) is 10.6. The van der Waals surface area contributed by atoms with Crippen molar-refractivity contribution in [1.82, 2.24) is 9.88 Å². The maximum absolute atomic E-state index is 10.6. The summed E-state index contributed by atoms with van der Waals surface area (Å²) in [5.74, 6) is -1.26. The van der Waals surface area contributed by atoms with Gasteiger partial charge in [0.2, 0.25) is 5.88 Å². The van der Waals surface area contributed by atoms with Crippen LogP contribution in [0.15, 0.2) is 24.4 Å². The van der Waals surface area contributed by atoms with Gasteiger partial charge in [0.1, 0.15) is 6.10 Å². The lowest BCUT2D eigenvalue weighted by molar-refractivity contribution is -0.192. The van der Waals surface area contributed by atoms with Crippen LogP contribution in [0.25, 0.3) is 0 Å². The van der Waals surface area contributed by atoms with Crippen LogP contribution < -0.4 is 4.74 Å². The maximum Gasteiger partial charge on any atom is 0.490 e. The lowest BCUT2D eigenvalue weighted by atomic mass is 9.88. The van der Waals surface area contributed by atoms with Crippen molar-refractivity contribution in [3.63, 3.8) is 0 Å². The van der Waals surface area contributed by atoms with Crippen LogP contribution in [-0.2, 0) is 14.3 Å². The summed E-state index contributed by atoms with van der Waals surface area (Å²) in [5, 5.41) is 7.12. The normalized spacial score (nSPS) is 27.5. The summed E-state index contributed by atoms with van der Waals surface area (Å²) in [6.45, 7) is 5.99. The molecule has 3 saturated heterocycles. The Morgan fingerprint density at radius 2 is 2.06 bits per heavy atom. The number of hydrogen-bond acceptors (Lipinski definition) is 6. The largest absolute Gasteiger partial charge is 0.490 e. The fraction of sp³-hybridized carbons (Fsp3) is 0.714. The molecule has 1 aromatic heterocycles. The van der Waals surface area contributed by atoms with Gasteiger partial charge in [-0.15, -0.1) is 0 Å². The Labute approximate surface area is 179 Å². The molecule has 3 aliphatic heterocycles. The number of hydrogen-bond donors (Lipinski definition) is 1. The van der Waals surface area contributed by atoms with Crippen molar-refractivity contribution < 1.29 is 37.3 Å². The molecule has 0 aromatic carbocycles. The van der Waals surface area contributed by atoms with E-state index in [9.17, 15) is 13.2 Å². The molecule has 0 saturated carbocycles. The molecule has 0 aliphatic carbocycles. The van der Waals surface area contributed by atoms with Crippen LogP contribution >= 0.6 is 0 Å². The number of piperidine rings is 1. The molecule has 174 valence electrons. The third kappa shape index (κ3) is 7.33. The summed E-state index contributed by atoms with van der Waals surface area (Å²) < 4.78 is 49.5. The van der Waals surface area contributed by atoms with Gasteiger partial charge >= 0.3 is 12.1 Å². The zero-order chi connectivity index (χ0) is 22.3. The molecule has 0 unspecified atom stereocenters. The predicted octanol–water partition coefficient (Wildman–Crippen LogP) is 3.14. The smallest absolute Gasteiger partial charge is 0.475 e. The Balaban J connectivity index is 0.000000339. The second kappa shape index (κ2) is 10.6. The van der Waals surface area contributed by atoms with E-state index in [2.05, 4.69) is 9.88 Å². The third-order valence-electron chi connectivity index (χ3n) is 5.82. The van der Waals surface area contributed by atoms with E-state index in [1.807, 2.05) is 18.2 Å². The standard InChI is InChI=1S/C19H28N2O3.C2HF3O2/c1-2-8-20-18(4-1)24-17-12-19(23-14-17)7-3-9-21(15-19)13-16-5-10-22-11-6-16;3-2(4,5)1(6)7/h1-2,4,8,16-17H,3,5-7,9-15H2;(H,6,7)/t17-,19+;/m1./s1. The quantitative estimate of drug-likeness (QED) is 0.761. The Morgan fingerprint density at radius 3 is 2.71 bits per heavy atom. The number of aromatic nitrogens is 1. The van der Waals surface area contributed by atoms with Crippen LogP contribution in [0.2, 0.25) is 0 Å². The zero-order valence-electron chi connectivity index (χ0n) is 17.4. The molecule has 7 nitrogen and oxygen atoms in total. The van der Waals surface area contributed by atoms with E-state index in [1.165, 1.54) is 32.4 Å². The molecule has 0 amide bonds. The lowest BCUT2D eigenvalue weighted by Gasteiger charge is -2.41. The minimum atomic E-state index is -5.08. The van der Waals surface area contributed by atoms with Crippen molar-refractivity contribution in [2.24, 2.45) is 5.92 Å². The highest BCUT2D eigenvalue weighted by molar-refractivity contribution is 5.73. The number of halogens is 3. The monoisotopic (exact) mass is 446 g/mol. The van der Waals surface area contributed by atoms with E-state index in [-0.39, 0.29) is 11.7 Å². The van der Waals surface area contributed by atoms with E-state index in [4.69, 9.17) is 24.1 Å². The van der Waals surface area contributed by atoms with E-state index in [0.29, 0.717) is 12.5 Å². The second-order valence-electron chi connectivity index (χ2n) is 8.30. The van der Waals surface area contributed by atoms with Crippen molar-refractivity contribution >= 4 is 5.97 Å². The van der Waals surface area contributed by atoms with E-state index >= 15 is 0 Å². The van der Waals surface area contributed by atoms with Gasteiger partial charge in [-0.05, 0) is 44.2 Å². The Hall–Kier alpha value is -1.91. The molecule has 4 heterocycles. The van der Waals surface area contributed by atoms with E-state index in [0.717, 1.165) is 38.5 Å². The summed E-state index contributed by atoms with van der Waals surface area (Å²) in [5.41, 5.74) is -0.0110. The van der Waals surface area contributed by atoms with E-state index in [1.54, 1.807) is 6.20 Å². The van der Waals surface area contributed by atoms with Crippen LogP contribution in [0.4, 0.5) is 13.2 Å². The first-order chi connectivity index (χ1) is 14.8. The van der Waals surface area contributed by atoms with E-state index < -0.39 is 12.1 Å². The molecule has 0 bridgehead atoms. The molecule has 31 heavy (non-hydrogen) atoms. The first kappa shape index (κ1) is 23.7. The molecule has 10 heteroatoms. The maximum atomic E-state index is 10.6. The Morgan fingerprint density at radius 1 is 1.32 bits per heavy atom. The van der Waals surface area contributed by atoms with Gasteiger partial charge < -0.3 is 24.2 Å². The zero-order valence-corrected chi connectivity index (χ0v) is 17.4. The van der Waals surface area contributed by atoms with Crippen molar-refractivity contribution in [3.05, 3.63) is 24.4 Å². The van der Waals surface area contributed by atoms with Crippen LogP contribution in [0.1, 0.15) is 32.1 Å². The highest BCUT2D eigenvalue weighted by atomic mass is 19.4. The van der Waals surface area contributed by atoms with Gasteiger partial charge in [-0.2, -0.15) is 13.2 Å². The number of nitrogens with zero attached hydrogens (tertiary/aromatic N) is 2. The van der Waals surface area contributed by atoms with Crippen LogP contribution in [0.5, 0.6) is 5.88 Å². The number of pyridine rings is 1. The highest BCUT2D eigenvalue weighted by Crippen LogP contribution is 2.36. The Bertz CT molecular complexity index is 700. The number of likely N-dealkylation sites (tertiary alicyclic amines) is 1. The van der Waals surface area contributed by atoms with Crippen LogP contribution in [-0.4, -0.2) is 78.3 Å². The molecular weight excluding hydrogens is 417 g/mol. The van der Waals surface area contributed by atoms with Crippen LogP contribution in [0.3, 0.4) is 0 Å². The average Bonchev–Trinajstić information content (AvgIpc) is 3.10. The predicted molar refractivity (Wildman–Crippen MR) is 105 cm³/mol. The van der Waals surface area contributed by atoms with Gasteiger partial charge in [-0.3, -0.25) is 0 Å². The Kier molecular flexibility index (Phi) is 8.12. The number of carboxylic acid groups (broad SMARTS) is 1. The molecule has 1 spiro atoms. The summed E-state index contributed by atoms with van der Waals surface area (Å²) >= 11 is 0. The second-order valence-corrected chi connectivity index (χ2v) is 8.30. The number of ether oxygens (including phenoxy) is 3. The van der Waals surface area contributed by atoms with Gasteiger partial charge in [0.25, 0.3) is 0 Å². The number of carboxylic acids is 1. The number of carbonyl (C=O) groups is 1. The van der Waals surface area contributed by atoms with Gasteiger partial charge in [-0.1, -0.05) is 6.07 Å². The summed E-state index contributed by atoms with van der Waals surface area (Å²) in [6.07, 6.45) is 2.58. The van der Waals surface area contributed by atoms with Crippen molar-refractivity contribution in [2.75, 3.05) is 39.5 Å². The first-order valence-corrected chi connectivity index (χ1v) is 10.6. The minimum Gasteiger partial charge on any atom is -0.475 e. The fourth-order valence-corrected chi connectivity index (χ4v) is 4.39. The minimum absolute atomic E-state index is 0.0110. The molecule has 2 atom stereocenters. The summed E-state index contributed by atoms with van der Waals surface area (Å²) in [6, 6.07) is 5.79. The van der Waals surface area contributed by atoms with Gasteiger partial charge in [0.15, 0.2) is 0 Å². The van der Waals surface area contributed by atoms with Crippen molar-refractivity contribution in [3.8, 4) is 5.88 Å². The molecule has 0 radical (unpaired) electrons.